The average molecular weight is 260 g/mol. The van der Waals surface area contributed by atoms with Crippen molar-refractivity contribution in [1.82, 2.24) is 0 Å². The Balaban J connectivity index is 2.46. The number of rotatable bonds is 1. The predicted molar refractivity (Wildman–Crippen MR) is 88.3 cm³/mol. The normalized spacial score (nSPS) is 11.0. The van der Waals surface area contributed by atoms with Crippen LogP contribution in [0.15, 0.2) is 48.5 Å². The number of hydrogen-bond donors (Lipinski definition) is 0. The molecule has 3 aromatic rings. The first kappa shape index (κ1) is 12.9. The summed E-state index contributed by atoms with van der Waals surface area (Å²) in [6.07, 6.45) is 0. The molecule has 100 valence electrons. The third kappa shape index (κ3) is 2.02. The Kier molecular flexibility index (Phi) is 3.10. The molecule has 0 N–H and O–H groups in total. The Bertz CT molecular complexity index is 794. The van der Waals surface area contributed by atoms with Crippen LogP contribution in [-0.4, -0.2) is 0 Å². The van der Waals surface area contributed by atoms with Crippen molar-refractivity contribution in [3.63, 3.8) is 0 Å². The van der Waals surface area contributed by atoms with Crippen LogP contribution in [0.5, 0.6) is 0 Å². The fourth-order valence-electron chi connectivity index (χ4n) is 2.94. The predicted octanol–water partition coefficient (Wildman–Crippen LogP) is 5.74. The van der Waals surface area contributed by atoms with Gasteiger partial charge in [-0.3, -0.25) is 0 Å². The van der Waals surface area contributed by atoms with E-state index in [0.717, 1.165) is 0 Å². The van der Waals surface area contributed by atoms with Gasteiger partial charge in [0.15, 0.2) is 0 Å². The van der Waals surface area contributed by atoms with E-state index in [0.29, 0.717) is 0 Å². The molecule has 0 saturated heterocycles. The van der Waals surface area contributed by atoms with Crippen LogP contribution in [0.1, 0.15) is 22.3 Å². The first-order valence-electron chi connectivity index (χ1n) is 7.14. The lowest BCUT2D eigenvalue weighted by molar-refractivity contribution is 1.34. The molecule has 0 radical (unpaired) electrons. The maximum absolute atomic E-state index is 2.31. The molecule has 0 heteroatoms. The van der Waals surface area contributed by atoms with Gasteiger partial charge in [0, 0.05) is 0 Å². The van der Waals surface area contributed by atoms with E-state index in [1.54, 1.807) is 0 Å². The molecule has 0 amide bonds. The Labute approximate surface area is 121 Å². The zero-order chi connectivity index (χ0) is 14.3. The van der Waals surface area contributed by atoms with E-state index in [9.17, 15) is 0 Å². The summed E-state index contributed by atoms with van der Waals surface area (Å²) >= 11 is 0. The second kappa shape index (κ2) is 4.79. The quantitative estimate of drug-likeness (QED) is 0.523. The molecule has 0 heterocycles. The van der Waals surface area contributed by atoms with Crippen molar-refractivity contribution in [2.45, 2.75) is 27.7 Å². The van der Waals surface area contributed by atoms with Gasteiger partial charge in [-0.25, -0.2) is 0 Å². The van der Waals surface area contributed by atoms with Crippen molar-refractivity contribution >= 4 is 10.8 Å². The second-order valence-corrected chi connectivity index (χ2v) is 5.73. The van der Waals surface area contributed by atoms with E-state index in [-0.39, 0.29) is 0 Å². The van der Waals surface area contributed by atoms with E-state index in [4.69, 9.17) is 0 Å². The largest absolute Gasteiger partial charge is 0.0616 e. The van der Waals surface area contributed by atoms with Gasteiger partial charge in [-0.1, -0.05) is 54.1 Å². The molecule has 20 heavy (non-hydrogen) atoms. The van der Waals surface area contributed by atoms with Crippen LogP contribution < -0.4 is 0 Å². The highest BCUT2D eigenvalue weighted by Gasteiger charge is 2.11. The SMILES string of the molecule is Cc1ccc(C)c(-c2c(C)c(C)cc3ccccc23)c1. The van der Waals surface area contributed by atoms with Gasteiger partial charge in [-0.05, 0) is 66.3 Å². The van der Waals surface area contributed by atoms with Crippen LogP contribution in [0.25, 0.3) is 21.9 Å². The van der Waals surface area contributed by atoms with Crippen LogP contribution in [0.4, 0.5) is 0 Å². The molecule has 0 saturated carbocycles. The third-order valence-corrected chi connectivity index (χ3v) is 4.23. The zero-order valence-electron chi connectivity index (χ0n) is 12.6. The van der Waals surface area contributed by atoms with Gasteiger partial charge in [0.05, 0.1) is 0 Å². The molecule has 0 nitrogen and oxygen atoms in total. The van der Waals surface area contributed by atoms with E-state index in [1.165, 1.54) is 44.2 Å². The minimum atomic E-state index is 1.32. The molecule has 0 aromatic heterocycles. The van der Waals surface area contributed by atoms with Crippen molar-refractivity contribution in [3.8, 4) is 11.1 Å². The van der Waals surface area contributed by atoms with Crippen molar-refractivity contribution in [1.29, 1.82) is 0 Å². The summed E-state index contributed by atoms with van der Waals surface area (Å²) in [4.78, 5) is 0. The summed E-state index contributed by atoms with van der Waals surface area (Å²) in [6, 6.07) is 17.7. The van der Waals surface area contributed by atoms with Crippen LogP contribution in [-0.2, 0) is 0 Å². The van der Waals surface area contributed by atoms with E-state index in [2.05, 4.69) is 76.2 Å². The van der Waals surface area contributed by atoms with Gasteiger partial charge >= 0.3 is 0 Å². The van der Waals surface area contributed by atoms with Crippen molar-refractivity contribution in [3.05, 3.63) is 70.8 Å². The highest BCUT2D eigenvalue weighted by atomic mass is 14.2. The molecular formula is C20H20. The van der Waals surface area contributed by atoms with Crippen LogP contribution in [0, 0.1) is 27.7 Å². The van der Waals surface area contributed by atoms with Crippen molar-refractivity contribution in [2.75, 3.05) is 0 Å². The topological polar surface area (TPSA) is 0 Å². The summed E-state index contributed by atoms with van der Waals surface area (Å²) in [5.41, 5.74) is 8.16. The van der Waals surface area contributed by atoms with Crippen LogP contribution in [0.2, 0.25) is 0 Å². The lowest BCUT2D eigenvalue weighted by Crippen LogP contribution is -1.93. The van der Waals surface area contributed by atoms with E-state index < -0.39 is 0 Å². The minimum absolute atomic E-state index is 1.32. The highest BCUT2D eigenvalue weighted by Crippen LogP contribution is 2.36. The van der Waals surface area contributed by atoms with Crippen LogP contribution >= 0.6 is 0 Å². The molecule has 0 unspecified atom stereocenters. The van der Waals surface area contributed by atoms with Gasteiger partial charge in [-0.2, -0.15) is 0 Å². The number of hydrogen-bond acceptors (Lipinski definition) is 0. The van der Waals surface area contributed by atoms with Gasteiger partial charge in [-0.15, -0.1) is 0 Å². The smallest absolute Gasteiger partial charge is 0.00707 e. The maximum Gasteiger partial charge on any atom is -0.00707 e. The monoisotopic (exact) mass is 260 g/mol. The highest BCUT2D eigenvalue weighted by molar-refractivity contribution is 5.99. The minimum Gasteiger partial charge on any atom is -0.0616 e. The first-order chi connectivity index (χ1) is 9.58. The molecule has 3 rings (SSSR count). The molecule has 0 aliphatic rings. The van der Waals surface area contributed by atoms with E-state index >= 15 is 0 Å². The average Bonchev–Trinajstić information content (AvgIpc) is 2.43. The first-order valence-corrected chi connectivity index (χ1v) is 7.14. The van der Waals surface area contributed by atoms with Gasteiger partial charge < -0.3 is 0 Å². The fraction of sp³-hybridized carbons (Fsp3) is 0.200. The molecule has 0 bridgehead atoms. The van der Waals surface area contributed by atoms with E-state index in [1.807, 2.05) is 0 Å². The van der Waals surface area contributed by atoms with Gasteiger partial charge in [0.25, 0.3) is 0 Å². The van der Waals surface area contributed by atoms with Crippen molar-refractivity contribution < 1.29 is 0 Å². The standard InChI is InChI=1S/C20H20/c1-13-9-10-14(2)19(11-13)20-16(4)15(3)12-17-7-5-6-8-18(17)20/h5-12H,1-4H3. The maximum atomic E-state index is 2.31. The Hall–Kier alpha value is -2.08. The molecule has 0 aliphatic heterocycles. The molecule has 0 aliphatic carbocycles. The molecule has 0 atom stereocenters. The Morgan fingerprint density at radius 1 is 0.700 bits per heavy atom. The van der Waals surface area contributed by atoms with Gasteiger partial charge in [0.2, 0.25) is 0 Å². The Morgan fingerprint density at radius 3 is 2.25 bits per heavy atom. The second-order valence-electron chi connectivity index (χ2n) is 5.73. The third-order valence-electron chi connectivity index (χ3n) is 4.23. The Morgan fingerprint density at radius 2 is 1.45 bits per heavy atom. The number of fused-ring (bicyclic) bond motifs is 1. The summed E-state index contributed by atoms with van der Waals surface area (Å²) in [5.74, 6) is 0. The molecule has 0 spiro atoms. The zero-order valence-corrected chi connectivity index (χ0v) is 12.6. The fourth-order valence-corrected chi connectivity index (χ4v) is 2.94. The van der Waals surface area contributed by atoms with Gasteiger partial charge in [0.1, 0.15) is 0 Å². The van der Waals surface area contributed by atoms with Crippen molar-refractivity contribution in [2.24, 2.45) is 0 Å². The molecule has 3 aromatic carbocycles. The lowest BCUT2D eigenvalue weighted by atomic mass is 9.88. The molecular weight excluding hydrogens is 240 g/mol. The number of benzene rings is 3. The lowest BCUT2D eigenvalue weighted by Gasteiger charge is -2.16. The summed E-state index contributed by atoms with van der Waals surface area (Å²) in [6.45, 7) is 8.80. The summed E-state index contributed by atoms with van der Waals surface area (Å²) in [5, 5.41) is 2.68. The van der Waals surface area contributed by atoms with Crippen LogP contribution in [0.3, 0.4) is 0 Å². The summed E-state index contributed by atoms with van der Waals surface area (Å²) in [7, 11) is 0. The summed E-state index contributed by atoms with van der Waals surface area (Å²) < 4.78 is 0. The number of aryl methyl sites for hydroxylation is 3. The molecule has 0 fully saturated rings.